The Bertz CT molecular complexity index is 70.3. The Morgan fingerprint density at radius 1 is 1.75 bits per heavy atom. The minimum Gasteiger partial charge on any atom is -0.395 e. The van der Waals surface area contributed by atoms with Gasteiger partial charge in [0.2, 0.25) is 0 Å². The summed E-state index contributed by atoms with van der Waals surface area (Å²) < 4.78 is 0.425. The molecule has 8 heavy (non-hydrogen) atoms. The Labute approximate surface area is 81.7 Å². The van der Waals surface area contributed by atoms with E-state index in [4.69, 9.17) is 5.11 Å². The molecule has 0 aliphatic rings. The fourth-order valence-corrected chi connectivity index (χ4v) is 0.377. The van der Waals surface area contributed by atoms with E-state index < -0.39 is 0 Å². The maximum absolute atomic E-state index is 8.16. The van der Waals surface area contributed by atoms with E-state index in [1.807, 2.05) is 0 Å². The van der Waals surface area contributed by atoms with Crippen molar-refractivity contribution in [2.75, 3.05) is 13.2 Å². The normalized spacial score (nSPS) is 7.25. The van der Waals surface area contributed by atoms with Gasteiger partial charge in [-0.2, -0.15) is 0 Å². The fraction of sp³-hybridized carbons (Fsp3) is 0.667. The first kappa shape index (κ1) is 11.9. The van der Waals surface area contributed by atoms with Gasteiger partial charge in [-0.3, -0.25) is 0 Å². The molecule has 0 amide bonds. The number of rotatable bonds is 2. The van der Waals surface area contributed by atoms with Gasteiger partial charge in [0.05, 0.1) is 6.61 Å². The van der Waals surface area contributed by atoms with Gasteiger partial charge in [0, 0.05) is 36.1 Å². The summed E-state index contributed by atoms with van der Waals surface area (Å²) in [6, 6.07) is 0. The molecule has 5 heteroatoms. The summed E-state index contributed by atoms with van der Waals surface area (Å²) in [4.78, 5) is 0. The molecule has 0 aromatic heterocycles. The maximum Gasteiger partial charge on any atom is 0.130 e. The van der Waals surface area contributed by atoms with Crippen molar-refractivity contribution < 1.29 is 5.11 Å². The number of aliphatic hydroxyl groups excluding tert-OH is 1. The second kappa shape index (κ2) is 8.20. The number of thiocarbonyl (C=S) groups is 1. The van der Waals surface area contributed by atoms with Gasteiger partial charge in [0.25, 0.3) is 0 Å². The maximum atomic E-state index is 8.16. The molecule has 0 atom stereocenters. The Morgan fingerprint density at radius 2 is 2.25 bits per heavy atom. The molecule has 0 aromatic carbocycles. The van der Waals surface area contributed by atoms with Crippen molar-refractivity contribution in [1.82, 2.24) is 5.32 Å². The minimum atomic E-state index is 0. The molecule has 0 saturated heterocycles. The van der Waals surface area contributed by atoms with Crippen molar-refractivity contribution in [3.05, 3.63) is 0 Å². The Balaban J connectivity index is 0. The van der Waals surface area contributed by atoms with Crippen LogP contribution in [0.15, 0.2) is 0 Å². The predicted molar refractivity (Wildman–Crippen MR) is 42.4 cm³/mol. The van der Waals surface area contributed by atoms with E-state index in [0.29, 0.717) is 10.9 Å². The average Bonchev–Trinajstić information content (AvgIpc) is 1.61. The van der Waals surface area contributed by atoms with Crippen molar-refractivity contribution in [1.29, 1.82) is 0 Å². The number of thiol groups is 1. The van der Waals surface area contributed by atoms with Gasteiger partial charge in [-0.1, -0.05) is 12.2 Å². The van der Waals surface area contributed by atoms with E-state index in [0.717, 1.165) is 0 Å². The molecule has 0 spiro atoms. The SMILES string of the molecule is OCCNC(=S)S.[Na]. The molecule has 0 aromatic rings. The van der Waals surface area contributed by atoms with E-state index >= 15 is 0 Å². The van der Waals surface area contributed by atoms with Crippen LogP contribution in [0.3, 0.4) is 0 Å². The molecule has 0 bridgehead atoms. The van der Waals surface area contributed by atoms with Crippen LogP contribution in [0.25, 0.3) is 0 Å². The Hall–Kier alpha value is 1.20. The van der Waals surface area contributed by atoms with Crippen molar-refractivity contribution in [3.63, 3.8) is 0 Å². The molecule has 0 aliphatic heterocycles. The quantitative estimate of drug-likeness (QED) is 0.286. The molecule has 43 valence electrons. The van der Waals surface area contributed by atoms with Crippen LogP contribution in [0.2, 0.25) is 0 Å². The van der Waals surface area contributed by atoms with Crippen LogP contribution in [0.5, 0.6) is 0 Å². The molecule has 0 rings (SSSR count). The third-order valence-electron chi connectivity index (χ3n) is 0.388. The third kappa shape index (κ3) is 10.2. The smallest absolute Gasteiger partial charge is 0.130 e. The number of aliphatic hydroxyl groups is 1. The molecule has 0 heterocycles. The zero-order chi connectivity index (χ0) is 5.70. The van der Waals surface area contributed by atoms with Crippen molar-refractivity contribution >= 4 is 58.7 Å². The standard InChI is InChI=1S/C3H7NOS2.Na/c5-2-1-4-3(6)7;/h5H,1-2H2,(H2,4,6,7);. The Kier molecular flexibility index (Phi) is 12.2. The minimum absolute atomic E-state index is 0. The molecule has 2 N–H and O–H groups in total. The molecule has 0 unspecified atom stereocenters. The van der Waals surface area contributed by atoms with Crippen LogP contribution >= 0.6 is 24.8 Å². The van der Waals surface area contributed by atoms with Crippen LogP contribution in [0.4, 0.5) is 0 Å². The van der Waals surface area contributed by atoms with E-state index in [9.17, 15) is 0 Å². The molecular formula is C3H7NNaOS2. The second-order valence-electron chi connectivity index (χ2n) is 0.956. The monoisotopic (exact) mass is 160 g/mol. The van der Waals surface area contributed by atoms with Gasteiger partial charge in [-0.15, -0.1) is 12.6 Å². The zero-order valence-corrected chi connectivity index (χ0v) is 8.43. The van der Waals surface area contributed by atoms with Gasteiger partial charge >= 0.3 is 0 Å². The van der Waals surface area contributed by atoms with Gasteiger partial charge in [-0.05, 0) is 0 Å². The van der Waals surface area contributed by atoms with E-state index in [1.54, 1.807) is 0 Å². The van der Waals surface area contributed by atoms with Crippen LogP contribution in [-0.2, 0) is 0 Å². The first-order chi connectivity index (χ1) is 3.27. The molecule has 0 fully saturated rings. The summed E-state index contributed by atoms with van der Waals surface area (Å²) in [6.07, 6.45) is 0. The van der Waals surface area contributed by atoms with Crippen LogP contribution in [0, 0.1) is 0 Å². The number of hydrogen-bond donors (Lipinski definition) is 3. The molecule has 2 nitrogen and oxygen atoms in total. The van der Waals surface area contributed by atoms with E-state index in [-0.39, 0.29) is 36.2 Å². The van der Waals surface area contributed by atoms with Crippen molar-refractivity contribution in [3.8, 4) is 0 Å². The summed E-state index contributed by atoms with van der Waals surface area (Å²) in [5.74, 6) is 0. The van der Waals surface area contributed by atoms with Gasteiger partial charge in [0.1, 0.15) is 4.32 Å². The molecule has 0 aliphatic carbocycles. The summed E-state index contributed by atoms with van der Waals surface area (Å²) in [5, 5.41) is 10.8. The first-order valence-electron chi connectivity index (χ1n) is 1.85. The molecule has 0 saturated carbocycles. The second-order valence-corrected chi connectivity index (χ2v) is 2.11. The average molecular weight is 160 g/mol. The summed E-state index contributed by atoms with van der Waals surface area (Å²) in [7, 11) is 0. The first-order valence-corrected chi connectivity index (χ1v) is 2.70. The summed E-state index contributed by atoms with van der Waals surface area (Å²) >= 11 is 8.24. The van der Waals surface area contributed by atoms with Crippen molar-refractivity contribution in [2.24, 2.45) is 0 Å². The summed E-state index contributed by atoms with van der Waals surface area (Å²) in [5.41, 5.74) is 0. The Morgan fingerprint density at radius 3 is 2.38 bits per heavy atom. The van der Waals surface area contributed by atoms with Crippen LogP contribution < -0.4 is 5.32 Å². The zero-order valence-electron chi connectivity index (χ0n) is 4.72. The van der Waals surface area contributed by atoms with Gasteiger partial charge in [0.15, 0.2) is 0 Å². The van der Waals surface area contributed by atoms with E-state index in [2.05, 4.69) is 30.2 Å². The fourth-order valence-electron chi connectivity index (χ4n) is 0.163. The predicted octanol–water partition coefficient (Wildman–Crippen LogP) is -0.598. The van der Waals surface area contributed by atoms with Crippen LogP contribution in [-0.4, -0.2) is 52.1 Å². The summed E-state index contributed by atoms with van der Waals surface area (Å²) in [6.45, 7) is 0.586. The van der Waals surface area contributed by atoms with Crippen molar-refractivity contribution in [2.45, 2.75) is 0 Å². The van der Waals surface area contributed by atoms with Gasteiger partial charge < -0.3 is 10.4 Å². The van der Waals surface area contributed by atoms with E-state index in [1.165, 1.54) is 0 Å². The van der Waals surface area contributed by atoms with Crippen LogP contribution in [0.1, 0.15) is 0 Å². The third-order valence-corrected chi connectivity index (χ3v) is 0.690. The molecular weight excluding hydrogens is 153 g/mol. The molecule has 1 radical (unpaired) electrons. The number of hydrogen-bond acceptors (Lipinski definition) is 2. The largest absolute Gasteiger partial charge is 0.395 e. The topological polar surface area (TPSA) is 32.3 Å². The number of nitrogens with one attached hydrogen (secondary N) is 1. The van der Waals surface area contributed by atoms with Gasteiger partial charge in [-0.25, -0.2) is 0 Å².